The summed E-state index contributed by atoms with van der Waals surface area (Å²) in [6.07, 6.45) is 6.84. The molecule has 0 unspecified atom stereocenters. The minimum atomic E-state index is -0.573. The Labute approximate surface area is 137 Å². The Morgan fingerprint density at radius 2 is 1.52 bits per heavy atom. The number of hydrogen-bond acceptors (Lipinski definition) is 2. The van der Waals surface area contributed by atoms with E-state index in [0.29, 0.717) is 0 Å². The van der Waals surface area contributed by atoms with Crippen LogP contribution >= 0.6 is 0 Å². The summed E-state index contributed by atoms with van der Waals surface area (Å²) < 4.78 is 12.8. The van der Waals surface area contributed by atoms with Crippen molar-refractivity contribution in [2.75, 3.05) is 0 Å². The molecule has 2 heteroatoms. The lowest BCUT2D eigenvalue weighted by Gasteiger charge is -2.32. The van der Waals surface area contributed by atoms with Gasteiger partial charge in [-0.1, -0.05) is 78.9 Å². The molecular weight excluding hydrogens is 284 g/mol. The van der Waals surface area contributed by atoms with Crippen LogP contribution in [0.5, 0.6) is 0 Å². The summed E-state index contributed by atoms with van der Waals surface area (Å²) >= 11 is 0. The third-order valence-electron chi connectivity index (χ3n) is 4.70. The van der Waals surface area contributed by atoms with Gasteiger partial charge in [0, 0.05) is 0 Å². The molecule has 1 heterocycles. The second kappa shape index (κ2) is 5.80. The predicted octanol–water partition coefficient (Wildman–Crippen LogP) is 4.58. The van der Waals surface area contributed by atoms with Crippen molar-refractivity contribution in [3.8, 4) is 0 Å². The normalized spacial score (nSPS) is 25.5. The lowest BCUT2D eigenvalue weighted by molar-refractivity contribution is -0.0551. The molecule has 1 saturated heterocycles. The summed E-state index contributed by atoms with van der Waals surface area (Å²) in [5.41, 5.74) is 2.88. The molecule has 4 rings (SSSR count). The van der Waals surface area contributed by atoms with Gasteiger partial charge in [0.15, 0.2) is 6.29 Å². The molecule has 1 aliphatic carbocycles. The van der Waals surface area contributed by atoms with E-state index in [0.717, 1.165) is 17.5 Å². The average Bonchev–Trinajstić information content (AvgIpc) is 3.25. The summed E-state index contributed by atoms with van der Waals surface area (Å²) in [6.45, 7) is 2.10. The molecule has 116 valence electrons. The van der Waals surface area contributed by atoms with Crippen LogP contribution in [0.15, 0.2) is 84.5 Å². The Bertz CT molecular complexity index is 691. The molecule has 1 fully saturated rings. The standard InChI is InChI=1S/C21H20O2/c1-16-21(18-12-4-2-5-13-18,19-14-6-3-7-15-19)23-20(22-16)17-10-8-9-11-17/h2-10,12-16,20H,11H2,1H3/t16-,20-/m0/s1. The van der Waals surface area contributed by atoms with Gasteiger partial charge in [-0.05, 0) is 30.0 Å². The van der Waals surface area contributed by atoms with Crippen molar-refractivity contribution in [1.82, 2.24) is 0 Å². The molecule has 2 aromatic carbocycles. The SMILES string of the molecule is C[C@@H]1O[C@H](C2=CC=CC2)OC1(c1ccccc1)c1ccccc1. The zero-order valence-corrected chi connectivity index (χ0v) is 13.2. The Morgan fingerprint density at radius 3 is 2.04 bits per heavy atom. The van der Waals surface area contributed by atoms with Crippen molar-refractivity contribution in [2.45, 2.75) is 31.3 Å². The van der Waals surface area contributed by atoms with Crippen molar-refractivity contribution in [3.05, 3.63) is 95.6 Å². The Morgan fingerprint density at radius 1 is 0.913 bits per heavy atom. The summed E-state index contributed by atoms with van der Waals surface area (Å²) in [6, 6.07) is 20.8. The number of benzene rings is 2. The number of rotatable bonds is 3. The molecule has 0 N–H and O–H groups in total. The minimum absolute atomic E-state index is 0.0706. The van der Waals surface area contributed by atoms with E-state index in [4.69, 9.17) is 9.47 Å². The van der Waals surface area contributed by atoms with Crippen molar-refractivity contribution >= 4 is 0 Å². The zero-order valence-electron chi connectivity index (χ0n) is 13.2. The Hall–Kier alpha value is -2.16. The molecule has 2 aromatic rings. The van der Waals surface area contributed by atoms with E-state index >= 15 is 0 Å². The van der Waals surface area contributed by atoms with Gasteiger partial charge < -0.3 is 9.47 Å². The van der Waals surface area contributed by atoms with Crippen LogP contribution in [0.1, 0.15) is 24.5 Å². The molecule has 0 spiro atoms. The number of allylic oxidation sites excluding steroid dienone is 3. The molecule has 0 bridgehead atoms. The van der Waals surface area contributed by atoms with Crippen molar-refractivity contribution in [3.63, 3.8) is 0 Å². The fraction of sp³-hybridized carbons (Fsp3) is 0.238. The highest BCUT2D eigenvalue weighted by Crippen LogP contribution is 2.46. The molecular formula is C21H20O2. The quantitative estimate of drug-likeness (QED) is 0.826. The van der Waals surface area contributed by atoms with Gasteiger partial charge in [0.05, 0.1) is 6.10 Å². The van der Waals surface area contributed by atoms with E-state index in [2.05, 4.69) is 73.7 Å². The highest BCUT2D eigenvalue weighted by Gasteiger charge is 2.50. The molecule has 0 amide bonds. The van der Waals surface area contributed by atoms with E-state index < -0.39 is 5.60 Å². The van der Waals surface area contributed by atoms with Gasteiger partial charge in [0.25, 0.3) is 0 Å². The Kier molecular flexibility index (Phi) is 3.64. The maximum Gasteiger partial charge on any atom is 0.182 e. The van der Waals surface area contributed by atoms with Crippen molar-refractivity contribution < 1.29 is 9.47 Å². The van der Waals surface area contributed by atoms with E-state index in [1.165, 1.54) is 5.57 Å². The third kappa shape index (κ3) is 2.35. The first-order chi connectivity index (χ1) is 11.3. The van der Waals surface area contributed by atoms with Gasteiger partial charge in [-0.2, -0.15) is 0 Å². The second-order valence-electron chi connectivity index (χ2n) is 6.07. The summed E-state index contributed by atoms with van der Waals surface area (Å²) in [7, 11) is 0. The van der Waals surface area contributed by atoms with Crippen LogP contribution in [-0.4, -0.2) is 12.4 Å². The van der Waals surface area contributed by atoms with Gasteiger partial charge in [0.2, 0.25) is 0 Å². The molecule has 2 nitrogen and oxygen atoms in total. The second-order valence-corrected chi connectivity index (χ2v) is 6.07. The van der Waals surface area contributed by atoms with Gasteiger partial charge in [-0.15, -0.1) is 0 Å². The van der Waals surface area contributed by atoms with Crippen LogP contribution in [0.25, 0.3) is 0 Å². The smallest absolute Gasteiger partial charge is 0.182 e. The Balaban J connectivity index is 1.81. The van der Waals surface area contributed by atoms with Crippen LogP contribution in [0.2, 0.25) is 0 Å². The fourth-order valence-corrected chi connectivity index (χ4v) is 3.52. The monoisotopic (exact) mass is 304 g/mol. The molecule has 2 atom stereocenters. The average molecular weight is 304 g/mol. The van der Waals surface area contributed by atoms with Crippen molar-refractivity contribution in [1.29, 1.82) is 0 Å². The van der Waals surface area contributed by atoms with E-state index in [-0.39, 0.29) is 12.4 Å². The minimum Gasteiger partial charge on any atom is -0.342 e. The molecule has 2 aliphatic rings. The van der Waals surface area contributed by atoms with Crippen LogP contribution in [0, 0.1) is 0 Å². The summed E-state index contributed by atoms with van der Waals surface area (Å²) in [5, 5.41) is 0. The van der Waals surface area contributed by atoms with E-state index in [1.807, 2.05) is 12.1 Å². The summed E-state index contributed by atoms with van der Waals surface area (Å²) in [5.74, 6) is 0. The van der Waals surface area contributed by atoms with Gasteiger partial charge in [0.1, 0.15) is 5.60 Å². The van der Waals surface area contributed by atoms with Gasteiger partial charge >= 0.3 is 0 Å². The maximum atomic E-state index is 6.59. The lowest BCUT2D eigenvalue weighted by atomic mass is 9.82. The topological polar surface area (TPSA) is 18.5 Å². The third-order valence-corrected chi connectivity index (χ3v) is 4.70. The highest BCUT2D eigenvalue weighted by atomic mass is 16.7. The van der Waals surface area contributed by atoms with Crippen LogP contribution < -0.4 is 0 Å². The first kappa shape index (κ1) is 14.4. The number of hydrogen-bond donors (Lipinski definition) is 0. The van der Waals surface area contributed by atoms with Gasteiger partial charge in [-0.3, -0.25) is 0 Å². The van der Waals surface area contributed by atoms with E-state index in [9.17, 15) is 0 Å². The van der Waals surface area contributed by atoms with Crippen LogP contribution in [0.4, 0.5) is 0 Å². The highest BCUT2D eigenvalue weighted by molar-refractivity contribution is 5.40. The first-order valence-corrected chi connectivity index (χ1v) is 8.10. The van der Waals surface area contributed by atoms with Crippen LogP contribution in [-0.2, 0) is 15.1 Å². The lowest BCUT2D eigenvalue weighted by Crippen LogP contribution is -2.36. The number of ether oxygens (including phenoxy) is 2. The van der Waals surface area contributed by atoms with Gasteiger partial charge in [-0.25, -0.2) is 0 Å². The molecule has 1 aliphatic heterocycles. The largest absolute Gasteiger partial charge is 0.342 e. The maximum absolute atomic E-state index is 6.59. The molecule has 0 saturated carbocycles. The molecule has 23 heavy (non-hydrogen) atoms. The molecule has 0 aromatic heterocycles. The van der Waals surface area contributed by atoms with Crippen LogP contribution in [0.3, 0.4) is 0 Å². The zero-order chi connectivity index (χ0) is 15.7. The first-order valence-electron chi connectivity index (χ1n) is 8.10. The summed E-state index contributed by atoms with van der Waals surface area (Å²) in [4.78, 5) is 0. The predicted molar refractivity (Wildman–Crippen MR) is 90.9 cm³/mol. The van der Waals surface area contributed by atoms with E-state index in [1.54, 1.807) is 0 Å². The fourth-order valence-electron chi connectivity index (χ4n) is 3.52. The molecule has 0 radical (unpaired) electrons. The van der Waals surface area contributed by atoms with Crippen molar-refractivity contribution in [2.24, 2.45) is 0 Å².